The fraction of sp³-hybridized carbons (Fsp3) is 0.167. The van der Waals surface area contributed by atoms with E-state index in [4.69, 9.17) is 4.98 Å². The van der Waals surface area contributed by atoms with Crippen LogP contribution in [0.5, 0.6) is 0 Å². The molecule has 0 saturated carbocycles. The average molecular weight is 260 g/mol. The first-order valence-corrected chi connectivity index (χ1v) is 6.94. The Kier molecular flexibility index (Phi) is 2.19. The van der Waals surface area contributed by atoms with Crippen LogP contribution < -0.4 is 0 Å². The van der Waals surface area contributed by atoms with Crippen molar-refractivity contribution in [3.05, 3.63) is 53.2 Å². The van der Waals surface area contributed by atoms with E-state index in [1.807, 2.05) is 0 Å². The largest absolute Gasteiger partial charge is 0.358 e. The number of fused-ring (bicyclic) bond motifs is 4. The van der Waals surface area contributed by atoms with Crippen molar-refractivity contribution in [1.29, 1.82) is 0 Å². The minimum atomic E-state index is 1.08. The van der Waals surface area contributed by atoms with E-state index < -0.39 is 0 Å². The molecular formula is C18H16N2. The molecule has 2 nitrogen and oxygen atoms in total. The van der Waals surface area contributed by atoms with Gasteiger partial charge in [-0.3, -0.25) is 0 Å². The summed E-state index contributed by atoms with van der Waals surface area (Å²) in [5, 5.41) is 3.80. The van der Waals surface area contributed by atoms with Gasteiger partial charge in [0, 0.05) is 27.4 Å². The molecule has 0 amide bonds. The van der Waals surface area contributed by atoms with E-state index in [2.05, 4.69) is 62.2 Å². The lowest BCUT2D eigenvalue weighted by atomic mass is 9.99. The molecule has 4 rings (SSSR count). The smallest absolute Gasteiger partial charge is 0.0755 e. The van der Waals surface area contributed by atoms with Crippen LogP contribution in [0.3, 0.4) is 0 Å². The van der Waals surface area contributed by atoms with Crippen LogP contribution in [-0.4, -0.2) is 9.97 Å². The number of nitrogens with one attached hydrogen (secondary N) is 1. The molecule has 0 bridgehead atoms. The second kappa shape index (κ2) is 3.83. The minimum absolute atomic E-state index is 1.08. The van der Waals surface area contributed by atoms with Gasteiger partial charge in [0.05, 0.1) is 11.0 Å². The van der Waals surface area contributed by atoms with Crippen LogP contribution >= 0.6 is 0 Å². The van der Waals surface area contributed by atoms with E-state index >= 15 is 0 Å². The second-order valence-corrected chi connectivity index (χ2v) is 5.53. The normalized spacial score (nSPS) is 11.8. The van der Waals surface area contributed by atoms with Crippen LogP contribution in [0.15, 0.2) is 36.4 Å². The predicted molar refractivity (Wildman–Crippen MR) is 85.3 cm³/mol. The zero-order valence-electron chi connectivity index (χ0n) is 11.9. The average Bonchev–Trinajstić information content (AvgIpc) is 2.84. The molecule has 98 valence electrons. The Morgan fingerprint density at radius 1 is 0.850 bits per heavy atom. The van der Waals surface area contributed by atoms with E-state index in [9.17, 15) is 0 Å². The SMILES string of the molecule is Cc1ccc2c(C)c3nc4ccccc4c3c(C)c2[nH]1. The van der Waals surface area contributed by atoms with Gasteiger partial charge in [-0.15, -0.1) is 0 Å². The molecule has 0 aliphatic rings. The molecule has 0 radical (unpaired) electrons. The van der Waals surface area contributed by atoms with Crippen LogP contribution in [0.1, 0.15) is 16.8 Å². The van der Waals surface area contributed by atoms with Crippen molar-refractivity contribution >= 4 is 32.7 Å². The van der Waals surface area contributed by atoms with E-state index in [1.165, 1.54) is 38.5 Å². The lowest BCUT2D eigenvalue weighted by Gasteiger charge is -2.09. The molecule has 0 fully saturated rings. The summed E-state index contributed by atoms with van der Waals surface area (Å²) in [5.41, 5.74) is 7.18. The Morgan fingerprint density at radius 3 is 2.50 bits per heavy atom. The molecule has 0 aliphatic heterocycles. The van der Waals surface area contributed by atoms with Crippen molar-refractivity contribution in [3.63, 3.8) is 0 Å². The lowest BCUT2D eigenvalue weighted by molar-refractivity contribution is 1.24. The fourth-order valence-corrected chi connectivity index (χ4v) is 3.20. The number of nitrogens with zero attached hydrogens (tertiary/aromatic N) is 1. The highest BCUT2D eigenvalue weighted by atomic mass is 14.7. The number of aromatic nitrogens is 2. The van der Waals surface area contributed by atoms with Crippen LogP contribution in [-0.2, 0) is 0 Å². The number of aryl methyl sites for hydroxylation is 3. The Bertz CT molecular complexity index is 977. The molecule has 4 aromatic rings. The van der Waals surface area contributed by atoms with Crippen molar-refractivity contribution < 1.29 is 0 Å². The molecule has 2 heterocycles. The second-order valence-electron chi connectivity index (χ2n) is 5.53. The van der Waals surface area contributed by atoms with Crippen molar-refractivity contribution in [2.75, 3.05) is 0 Å². The maximum Gasteiger partial charge on any atom is 0.0755 e. The third-order valence-corrected chi connectivity index (χ3v) is 4.24. The van der Waals surface area contributed by atoms with E-state index in [1.54, 1.807) is 0 Å². The number of H-pyrrole nitrogens is 1. The standard InChI is InChI=1S/C18H16N2/c1-10-8-9-13-11(2)18-16(12(3)17(13)19-10)14-6-4-5-7-15(14)20-18/h4-9,19H,1-3H3. The maximum absolute atomic E-state index is 4.83. The van der Waals surface area contributed by atoms with Gasteiger partial charge < -0.3 is 4.98 Å². The number of benzene rings is 2. The molecule has 1 N–H and O–H groups in total. The van der Waals surface area contributed by atoms with Crippen LogP contribution in [0.2, 0.25) is 0 Å². The number of hydrogen-bond acceptors (Lipinski definition) is 1. The molecule has 2 aromatic carbocycles. The highest BCUT2D eigenvalue weighted by molar-refractivity contribution is 6.15. The van der Waals surface area contributed by atoms with Gasteiger partial charge >= 0.3 is 0 Å². The van der Waals surface area contributed by atoms with Gasteiger partial charge in [-0.2, -0.15) is 0 Å². The third-order valence-electron chi connectivity index (χ3n) is 4.24. The molecule has 20 heavy (non-hydrogen) atoms. The molecule has 2 aromatic heterocycles. The van der Waals surface area contributed by atoms with Gasteiger partial charge in [-0.1, -0.05) is 24.3 Å². The van der Waals surface area contributed by atoms with Gasteiger partial charge in [0.25, 0.3) is 0 Å². The molecule has 0 aliphatic carbocycles. The highest BCUT2D eigenvalue weighted by Crippen LogP contribution is 2.35. The van der Waals surface area contributed by atoms with Crippen molar-refractivity contribution in [3.8, 4) is 0 Å². The van der Waals surface area contributed by atoms with Crippen molar-refractivity contribution in [1.82, 2.24) is 9.97 Å². The van der Waals surface area contributed by atoms with Gasteiger partial charge in [0.15, 0.2) is 0 Å². The zero-order chi connectivity index (χ0) is 13.9. The maximum atomic E-state index is 4.83. The first-order chi connectivity index (χ1) is 9.66. The Hall–Kier alpha value is -2.35. The molecule has 2 heteroatoms. The quantitative estimate of drug-likeness (QED) is 0.483. The van der Waals surface area contributed by atoms with E-state index in [0.29, 0.717) is 0 Å². The summed E-state index contributed by atoms with van der Waals surface area (Å²) in [7, 11) is 0. The van der Waals surface area contributed by atoms with Crippen molar-refractivity contribution in [2.24, 2.45) is 0 Å². The van der Waals surface area contributed by atoms with Crippen molar-refractivity contribution in [2.45, 2.75) is 20.8 Å². The molecule has 0 unspecified atom stereocenters. The molecule has 0 atom stereocenters. The molecular weight excluding hydrogens is 244 g/mol. The fourth-order valence-electron chi connectivity index (χ4n) is 3.20. The summed E-state index contributed by atoms with van der Waals surface area (Å²) >= 11 is 0. The first-order valence-electron chi connectivity index (χ1n) is 6.94. The first kappa shape index (κ1) is 11.5. The van der Waals surface area contributed by atoms with E-state index in [-0.39, 0.29) is 0 Å². The van der Waals surface area contributed by atoms with Gasteiger partial charge in [-0.25, -0.2) is 4.98 Å². The van der Waals surface area contributed by atoms with Gasteiger partial charge in [0.2, 0.25) is 0 Å². The summed E-state index contributed by atoms with van der Waals surface area (Å²) in [5.74, 6) is 0. The summed E-state index contributed by atoms with van der Waals surface area (Å²) in [6.45, 7) is 6.45. The number of aromatic amines is 1. The summed E-state index contributed by atoms with van der Waals surface area (Å²) in [6, 6.07) is 12.7. The Labute approximate surface area is 117 Å². The number of rotatable bonds is 0. The monoisotopic (exact) mass is 260 g/mol. The number of hydrogen-bond donors (Lipinski definition) is 1. The zero-order valence-corrected chi connectivity index (χ0v) is 11.9. The molecule has 0 saturated heterocycles. The lowest BCUT2D eigenvalue weighted by Crippen LogP contribution is -1.91. The van der Waals surface area contributed by atoms with Crippen LogP contribution in [0.4, 0.5) is 0 Å². The summed E-state index contributed by atoms with van der Waals surface area (Å²) < 4.78 is 0. The number of para-hydroxylation sites is 1. The summed E-state index contributed by atoms with van der Waals surface area (Å²) in [4.78, 5) is 8.35. The topological polar surface area (TPSA) is 28.7 Å². The highest BCUT2D eigenvalue weighted by Gasteiger charge is 2.14. The van der Waals surface area contributed by atoms with Crippen LogP contribution in [0, 0.1) is 20.8 Å². The molecule has 0 spiro atoms. The van der Waals surface area contributed by atoms with Gasteiger partial charge in [0.1, 0.15) is 0 Å². The Morgan fingerprint density at radius 2 is 1.65 bits per heavy atom. The number of pyridine rings is 1. The minimum Gasteiger partial charge on any atom is -0.358 e. The Balaban J connectivity index is 2.36. The van der Waals surface area contributed by atoms with Crippen LogP contribution in [0.25, 0.3) is 32.7 Å². The van der Waals surface area contributed by atoms with E-state index in [0.717, 1.165) is 11.0 Å². The third kappa shape index (κ3) is 1.36. The predicted octanol–water partition coefficient (Wildman–Crippen LogP) is 4.79. The summed E-state index contributed by atoms with van der Waals surface area (Å²) in [6.07, 6.45) is 0. The van der Waals surface area contributed by atoms with Gasteiger partial charge in [-0.05, 0) is 44.0 Å².